The number of ether oxygens (including phenoxy) is 1. The second-order valence-electron chi connectivity index (χ2n) is 7.84. The Morgan fingerprint density at radius 3 is 2.62 bits per heavy atom. The average molecular weight is 332 g/mol. The molecular formula is C20H30NO3+. The SMILES string of the molecule is CC(C)[N+]1(C)C2CCCC1(OC(=O)C(CO)c1ccccc1)CC2. The van der Waals surface area contributed by atoms with Crippen molar-refractivity contribution in [3.05, 3.63) is 35.9 Å². The van der Waals surface area contributed by atoms with Crippen molar-refractivity contribution in [1.29, 1.82) is 0 Å². The third-order valence-corrected chi connectivity index (χ3v) is 6.64. The number of aliphatic hydroxyl groups excluding tert-OH is 1. The van der Waals surface area contributed by atoms with Crippen LogP contribution in [0.5, 0.6) is 0 Å². The van der Waals surface area contributed by atoms with Crippen LogP contribution in [0.25, 0.3) is 0 Å². The molecule has 0 radical (unpaired) electrons. The Kier molecular flexibility index (Phi) is 4.71. The number of fused-ring (bicyclic) bond motifs is 2. The lowest BCUT2D eigenvalue weighted by atomic mass is 9.93. The van der Waals surface area contributed by atoms with Gasteiger partial charge in [0, 0.05) is 19.3 Å². The summed E-state index contributed by atoms with van der Waals surface area (Å²) < 4.78 is 7.05. The van der Waals surface area contributed by atoms with Gasteiger partial charge in [-0.1, -0.05) is 30.3 Å². The highest BCUT2D eigenvalue weighted by Gasteiger charge is 2.63. The zero-order valence-electron chi connectivity index (χ0n) is 15.1. The maximum Gasteiger partial charge on any atom is 0.320 e. The van der Waals surface area contributed by atoms with Gasteiger partial charge in [0.2, 0.25) is 5.72 Å². The maximum atomic E-state index is 12.9. The number of hydrogen-bond donors (Lipinski definition) is 1. The number of nitrogens with zero attached hydrogens (tertiary/aromatic N) is 1. The van der Waals surface area contributed by atoms with Crippen molar-refractivity contribution in [2.24, 2.45) is 0 Å². The molecule has 0 spiro atoms. The maximum absolute atomic E-state index is 12.9. The Labute approximate surface area is 145 Å². The van der Waals surface area contributed by atoms with Crippen LogP contribution < -0.4 is 0 Å². The van der Waals surface area contributed by atoms with Crippen molar-refractivity contribution >= 4 is 5.97 Å². The minimum absolute atomic E-state index is 0.215. The molecule has 2 fully saturated rings. The van der Waals surface area contributed by atoms with Gasteiger partial charge in [0.25, 0.3) is 0 Å². The summed E-state index contributed by atoms with van der Waals surface area (Å²) in [6.07, 6.45) is 5.32. The number of aliphatic hydroxyl groups is 1. The molecule has 132 valence electrons. The van der Waals surface area contributed by atoms with Gasteiger partial charge in [-0.05, 0) is 32.3 Å². The highest BCUT2D eigenvalue weighted by molar-refractivity contribution is 5.78. The van der Waals surface area contributed by atoms with Crippen molar-refractivity contribution in [1.82, 2.24) is 0 Å². The molecule has 0 aliphatic carbocycles. The first-order valence-electron chi connectivity index (χ1n) is 9.19. The van der Waals surface area contributed by atoms with E-state index in [9.17, 15) is 9.90 Å². The molecule has 2 aliphatic rings. The van der Waals surface area contributed by atoms with Gasteiger partial charge in [0.15, 0.2) is 0 Å². The number of esters is 1. The lowest BCUT2D eigenvalue weighted by Crippen LogP contribution is -2.68. The number of quaternary nitrogens is 1. The third-order valence-electron chi connectivity index (χ3n) is 6.64. The molecule has 4 heteroatoms. The Bertz CT molecular complexity index is 584. The van der Waals surface area contributed by atoms with Crippen LogP contribution in [-0.4, -0.2) is 47.0 Å². The number of carbonyl (C=O) groups is 1. The Morgan fingerprint density at radius 2 is 2.00 bits per heavy atom. The lowest BCUT2D eigenvalue weighted by Gasteiger charge is -2.53. The van der Waals surface area contributed by atoms with Crippen molar-refractivity contribution in [3.8, 4) is 0 Å². The highest BCUT2D eigenvalue weighted by atomic mass is 16.6. The van der Waals surface area contributed by atoms with Crippen LogP contribution in [0.3, 0.4) is 0 Å². The van der Waals surface area contributed by atoms with Crippen LogP contribution in [-0.2, 0) is 9.53 Å². The largest absolute Gasteiger partial charge is 0.409 e. The molecular weight excluding hydrogens is 302 g/mol. The molecule has 0 amide bonds. The van der Waals surface area contributed by atoms with E-state index in [1.807, 2.05) is 30.3 Å². The average Bonchev–Trinajstić information content (AvgIpc) is 2.73. The zero-order chi connectivity index (χ0) is 17.4. The van der Waals surface area contributed by atoms with E-state index in [1.54, 1.807) is 0 Å². The van der Waals surface area contributed by atoms with Gasteiger partial charge in [-0.15, -0.1) is 0 Å². The van der Waals surface area contributed by atoms with E-state index >= 15 is 0 Å². The Hall–Kier alpha value is -1.39. The number of carbonyl (C=O) groups excluding carboxylic acids is 1. The van der Waals surface area contributed by atoms with Crippen LogP contribution in [0.4, 0.5) is 0 Å². The van der Waals surface area contributed by atoms with Gasteiger partial charge in [-0.3, -0.25) is 9.28 Å². The Balaban J connectivity index is 1.87. The molecule has 1 aromatic carbocycles. The van der Waals surface area contributed by atoms with Crippen LogP contribution in [0.2, 0.25) is 0 Å². The third kappa shape index (κ3) is 2.56. The summed E-state index contributed by atoms with van der Waals surface area (Å²) in [6, 6.07) is 10.5. The second kappa shape index (κ2) is 6.49. The highest BCUT2D eigenvalue weighted by Crippen LogP contribution is 2.51. The number of hydrogen-bond acceptors (Lipinski definition) is 3. The van der Waals surface area contributed by atoms with Gasteiger partial charge in [-0.2, -0.15) is 0 Å². The predicted octanol–water partition coefficient (Wildman–Crippen LogP) is 3.20. The first-order valence-corrected chi connectivity index (χ1v) is 9.19. The fourth-order valence-corrected chi connectivity index (χ4v) is 4.98. The molecule has 2 aliphatic heterocycles. The predicted molar refractivity (Wildman–Crippen MR) is 93.3 cm³/mol. The topological polar surface area (TPSA) is 46.5 Å². The van der Waals surface area contributed by atoms with E-state index in [0.29, 0.717) is 12.1 Å². The van der Waals surface area contributed by atoms with E-state index in [4.69, 9.17) is 4.74 Å². The van der Waals surface area contributed by atoms with Crippen LogP contribution in [0, 0.1) is 0 Å². The van der Waals surface area contributed by atoms with Gasteiger partial charge in [0.1, 0.15) is 5.92 Å². The molecule has 1 aromatic rings. The molecule has 2 saturated heterocycles. The fourth-order valence-electron chi connectivity index (χ4n) is 4.98. The molecule has 3 rings (SSSR count). The molecule has 2 heterocycles. The second-order valence-corrected chi connectivity index (χ2v) is 7.84. The summed E-state index contributed by atoms with van der Waals surface area (Å²) in [6.45, 7) is 4.24. The molecule has 0 aromatic heterocycles. The zero-order valence-corrected chi connectivity index (χ0v) is 15.1. The van der Waals surface area contributed by atoms with Crippen molar-refractivity contribution in [2.45, 2.75) is 69.7 Å². The molecule has 4 unspecified atom stereocenters. The molecule has 4 nitrogen and oxygen atoms in total. The van der Waals surface area contributed by atoms with E-state index in [1.165, 1.54) is 6.42 Å². The minimum Gasteiger partial charge on any atom is -0.409 e. The number of rotatable bonds is 5. The molecule has 4 atom stereocenters. The van der Waals surface area contributed by atoms with E-state index < -0.39 is 11.6 Å². The fraction of sp³-hybridized carbons (Fsp3) is 0.650. The van der Waals surface area contributed by atoms with Crippen LogP contribution >= 0.6 is 0 Å². The summed E-state index contributed by atoms with van der Waals surface area (Å²) in [5.74, 6) is -0.876. The summed E-state index contributed by atoms with van der Waals surface area (Å²) >= 11 is 0. The van der Waals surface area contributed by atoms with E-state index in [2.05, 4.69) is 20.9 Å². The van der Waals surface area contributed by atoms with Crippen LogP contribution in [0.1, 0.15) is 57.4 Å². The summed E-state index contributed by atoms with van der Waals surface area (Å²) in [4.78, 5) is 12.9. The number of benzene rings is 1. The van der Waals surface area contributed by atoms with Crippen LogP contribution in [0.15, 0.2) is 30.3 Å². The smallest absolute Gasteiger partial charge is 0.320 e. The van der Waals surface area contributed by atoms with Crippen molar-refractivity contribution in [3.63, 3.8) is 0 Å². The van der Waals surface area contributed by atoms with Gasteiger partial charge < -0.3 is 9.84 Å². The van der Waals surface area contributed by atoms with E-state index in [0.717, 1.165) is 35.7 Å². The monoisotopic (exact) mass is 332 g/mol. The van der Waals surface area contributed by atoms with Gasteiger partial charge >= 0.3 is 5.97 Å². The van der Waals surface area contributed by atoms with Crippen molar-refractivity contribution < 1.29 is 19.1 Å². The lowest BCUT2D eigenvalue weighted by molar-refractivity contribution is -1.01. The minimum atomic E-state index is -0.595. The molecule has 24 heavy (non-hydrogen) atoms. The summed E-state index contributed by atoms with van der Waals surface area (Å²) in [7, 11) is 2.26. The quantitative estimate of drug-likeness (QED) is 0.665. The van der Waals surface area contributed by atoms with Gasteiger partial charge in [0.05, 0.1) is 25.7 Å². The molecule has 0 saturated carbocycles. The normalized spacial score (nSPS) is 33.5. The standard InChI is InChI=1S/C20H30NO3/c1-15(2)21(3)17-10-7-12-20(21,13-11-17)24-19(23)18(14-22)16-8-5-4-6-9-16/h4-6,8-9,15,17-18,22H,7,10-14H2,1-3H3/q+1. The first-order chi connectivity index (χ1) is 11.4. The van der Waals surface area contributed by atoms with Gasteiger partial charge in [-0.25, -0.2) is 0 Å². The molecule has 2 bridgehead atoms. The Morgan fingerprint density at radius 1 is 1.29 bits per heavy atom. The summed E-state index contributed by atoms with van der Waals surface area (Å²) in [5.41, 5.74) is 0.404. The van der Waals surface area contributed by atoms with Crippen molar-refractivity contribution in [2.75, 3.05) is 13.7 Å². The summed E-state index contributed by atoms with van der Waals surface area (Å²) in [5, 5.41) is 9.78. The van der Waals surface area contributed by atoms with E-state index in [-0.39, 0.29) is 12.6 Å². The first kappa shape index (κ1) is 17.4. The number of piperidine rings is 1. The molecule has 1 N–H and O–H groups in total.